The number of hydrogen-bond donors (Lipinski definition) is 1. The first-order valence-corrected chi connectivity index (χ1v) is 14.0. The summed E-state index contributed by atoms with van der Waals surface area (Å²) in [6.45, 7) is 3.66. The Morgan fingerprint density at radius 2 is 1.41 bits per heavy atom. The van der Waals surface area contributed by atoms with Crippen LogP contribution in [0.25, 0.3) is 10.8 Å². The number of hydrogen-bond acceptors (Lipinski definition) is 5. The summed E-state index contributed by atoms with van der Waals surface area (Å²) < 4.78 is 5.58. The molecular formula is C33H44N4O4. The first kappa shape index (κ1) is 31.8. The van der Waals surface area contributed by atoms with Crippen molar-refractivity contribution in [3.8, 4) is 0 Å². The first-order valence-electron chi connectivity index (χ1n) is 14.0. The van der Waals surface area contributed by atoms with Gasteiger partial charge in [0.05, 0.1) is 6.61 Å². The summed E-state index contributed by atoms with van der Waals surface area (Å²) in [7, 11) is 6.63. The zero-order valence-corrected chi connectivity index (χ0v) is 25.2. The van der Waals surface area contributed by atoms with Crippen LogP contribution in [0.15, 0.2) is 72.8 Å². The minimum Gasteiger partial charge on any atom is -0.370 e. The SMILES string of the molecule is CN(C)C(=O)[C@@H](Cc1ccccc1)N(C)C(=O)[C@@H](CCc1ccc2ccccc2c1)N(C)C(=O)COCC(C)(C)N. The van der Waals surface area contributed by atoms with Crippen LogP contribution in [-0.2, 0) is 32.0 Å². The Bertz CT molecular complexity index is 1320. The van der Waals surface area contributed by atoms with Gasteiger partial charge in [0.2, 0.25) is 17.7 Å². The molecule has 8 nitrogen and oxygen atoms in total. The molecule has 0 aliphatic heterocycles. The van der Waals surface area contributed by atoms with E-state index in [0.29, 0.717) is 19.3 Å². The minimum absolute atomic E-state index is 0.180. The summed E-state index contributed by atoms with van der Waals surface area (Å²) in [5.74, 6) is -0.796. The number of likely N-dealkylation sites (N-methyl/N-ethyl adjacent to an activating group) is 3. The van der Waals surface area contributed by atoms with Gasteiger partial charge in [0.25, 0.3) is 0 Å². The quantitative estimate of drug-likeness (QED) is 0.345. The second kappa shape index (κ2) is 14.2. The van der Waals surface area contributed by atoms with E-state index in [1.807, 2.05) is 56.3 Å². The summed E-state index contributed by atoms with van der Waals surface area (Å²) in [6.07, 6.45) is 1.33. The summed E-state index contributed by atoms with van der Waals surface area (Å²) in [4.78, 5) is 45.0. The molecule has 0 aromatic heterocycles. The van der Waals surface area contributed by atoms with E-state index in [2.05, 4.69) is 30.3 Å². The summed E-state index contributed by atoms with van der Waals surface area (Å²) in [6, 6.07) is 22.5. The fourth-order valence-corrected chi connectivity index (χ4v) is 4.77. The van der Waals surface area contributed by atoms with E-state index in [4.69, 9.17) is 10.5 Å². The molecule has 41 heavy (non-hydrogen) atoms. The standard InChI is InChI=1S/C33H44N4O4/c1-33(2,34)23-41-22-30(38)36(5)28(19-17-25-16-18-26-14-10-11-15-27(26)20-25)32(40)37(6)29(31(39)35(3)4)21-24-12-8-7-9-13-24/h7-16,18,20,28-29H,17,19,21-23,34H2,1-6H3/t28-,29-/m1/s1. The zero-order valence-electron chi connectivity index (χ0n) is 25.2. The average Bonchev–Trinajstić information content (AvgIpc) is 2.94. The smallest absolute Gasteiger partial charge is 0.248 e. The fourth-order valence-electron chi connectivity index (χ4n) is 4.77. The number of fused-ring (bicyclic) bond motifs is 1. The maximum Gasteiger partial charge on any atom is 0.248 e. The van der Waals surface area contributed by atoms with Crippen LogP contribution in [0.4, 0.5) is 0 Å². The lowest BCUT2D eigenvalue weighted by Crippen LogP contribution is -2.55. The third-order valence-electron chi connectivity index (χ3n) is 7.18. The Hall–Kier alpha value is -3.75. The third kappa shape index (κ3) is 9.13. The van der Waals surface area contributed by atoms with Gasteiger partial charge < -0.3 is 25.2 Å². The summed E-state index contributed by atoms with van der Waals surface area (Å²) >= 11 is 0. The molecule has 0 spiro atoms. The largest absolute Gasteiger partial charge is 0.370 e. The highest BCUT2D eigenvalue weighted by Gasteiger charge is 2.35. The maximum absolute atomic E-state index is 14.1. The molecule has 3 aromatic rings. The molecule has 0 aliphatic carbocycles. The average molecular weight is 561 g/mol. The van der Waals surface area contributed by atoms with Gasteiger partial charge in [-0.05, 0) is 48.6 Å². The van der Waals surface area contributed by atoms with E-state index >= 15 is 0 Å². The number of ether oxygens (including phenoxy) is 1. The van der Waals surface area contributed by atoms with Crippen LogP contribution in [-0.4, -0.2) is 91.4 Å². The molecule has 0 saturated carbocycles. The zero-order chi connectivity index (χ0) is 30.2. The van der Waals surface area contributed by atoms with Gasteiger partial charge in [0, 0.05) is 40.2 Å². The molecule has 3 amide bonds. The topological polar surface area (TPSA) is 96.2 Å². The lowest BCUT2D eigenvalue weighted by atomic mass is 9.98. The highest BCUT2D eigenvalue weighted by atomic mass is 16.5. The van der Waals surface area contributed by atoms with Crippen LogP contribution in [0.3, 0.4) is 0 Å². The van der Waals surface area contributed by atoms with Crippen molar-refractivity contribution >= 4 is 28.5 Å². The summed E-state index contributed by atoms with van der Waals surface area (Å²) in [5.41, 5.74) is 7.43. The van der Waals surface area contributed by atoms with Gasteiger partial charge in [0.15, 0.2) is 0 Å². The highest BCUT2D eigenvalue weighted by Crippen LogP contribution is 2.20. The molecule has 0 aliphatic rings. The Labute approximate surface area is 244 Å². The predicted molar refractivity (Wildman–Crippen MR) is 163 cm³/mol. The number of benzene rings is 3. The Balaban J connectivity index is 1.86. The molecule has 3 aromatic carbocycles. The number of carbonyl (C=O) groups excluding carboxylic acids is 3. The molecular weight excluding hydrogens is 516 g/mol. The molecule has 0 saturated heterocycles. The molecule has 2 N–H and O–H groups in total. The van der Waals surface area contributed by atoms with Crippen molar-refractivity contribution in [3.63, 3.8) is 0 Å². The predicted octanol–water partition coefficient (Wildman–Crippen LogP) is 3.51. The van der Waals surface area contributed by atoms with E-state index < -0.39 is 17.6 Å². The lowest BCUT2D eigenvalue weighted by molar-refractivity contribution is -0.151. The number of nitrogens with two attached hydrogens (primary N) is 1. The van der Waals surface area contributed by atoms with Crippen molar-refractivity contribution in [2.24, 2.45) is 5.73 Å². The molecule has 0 radical (unpaired) electrons. The molecule has 220 valence electrons. The maximum atomic E-state index is 14.1. The Morgan fingerprint density at radius 1 is 0.780 bits per heavy atom. The van der Waals surface area contributed by atoms with Gasteiger partial charge >= 0.3 is 0 Å². The molecule has 2 atom stereocenters. The van der Waals surface area contributed by atoms with Crippen molar-refractivity contribution in [1.29, 1.82) is 0 Å². The van der Waals surface area contributed by atoms with E-state index in [9.17, 15) is 14.4 Å². The van der Waals surface area contributed by atoms with Crippen LogP contribution in [0.2, 0.25) is 0 Å². The van der Waals surface area contributed by atoms with Crippen molar-refractivity contribution in [2.45, 2.75) is 50.7 Å². The van der Waals surface area contributed by atoms with Gasteiger partial charge in [-0.1, -0.05) is 72.8 Å². The van der Waals surface area contributed by atoms with Crippen LogP contribution < -0.4 is 5.73 Å². The van der Waals surface area contributed by atoms with Crippen molar-refractivity contribution in [1.82, 2.24) is 14.7 Å². The van der Waals surface area contributed by atoms with Gasteiger partial charge in [-0.2, -0.15) is 0 Å². The number of aryl methyl sites for hydroxylation is 1. The van der Waals surface area contributed by atoms with Crippen LogP contribution in [0, 0.1) is 0 Å². The number of rotatable bonds is 13. The van der Waals surface area contributed by atoms with E-state index in [-0.39, 0.29) is 30.9 Å². The number of nitrogens with zero attached hydrogens (tertiary/aromatic N) is 3. The molecule has 0 bridgehead atoms. The molecule has 0 heterocycles. The minimum atomic E-state index is -0.790. The normalized spacial score (nSPS) is 13.0. The van der Waals surface area contributed by atoms with E-state index in [1.165, 1.54) is 14.7 Å². The fraction of sp³-hybridized carbons (Fsp3) is 0.424. The summed E-state index contributed by atoms with van der Waals surface area (Å²) in [5, 5.41) is 2.26. The number of carbonyl (C=O) groups is 3. The Morgan fingerprint density at radius 3 is 2.05 bits per heavy atom. The molecule has 3 rings (SSSR count). The van der Waals surface area contributed by atoms with Crippen molar-refractivity contribution in [2.75, 3.05) is 41.4 Å². The molecule has 0 fully saturated rings. The van der Waals surface area contributed by atoms with Crippen molar-refractivity contribution < 1.29 is 19.1 Å². The van der Waals surface area contributed by atoms with Crippen LogP contribution in [0.1, 0.15) is 31.4 Å². The second-order valence-electron chi connectivity index (χ2n) is 11.6. The monoisotopic (exact) mass is 560 g/mol. The van der Waals surface area contributed by atoms with Crippen LogP contribution >= 0.6 is 0 Å². The Kier molecular flexibility index (Phi) is 11.0. The van der Waals surface area contributed by atoms with E-state index in [0.717, 1.165) is 21.9 Å². The molecule has 8 heteroatoms. The van der Waals surface area contributed by atoms with Crippen LogP contribution in [0.5, 0.6) is 0 Å². The third-order valence-corrected chi connectivity index (χ3v) is 7.18. The molecule has 0 unspecified atom stereocenters. The second-order valence-corrected chi connectivity index (χ2v) is 11.6. The lowest BCUT2D eigenvalue weighted by Gasteiger charge is -2.35. The number of amides is 3. The van der Waals surface area contributed by atoms with Gasteiger partial charge in [0.1, 0.15) is 18.7 Å². The van der Waals surface area contributed by atoms with Crippen molar-refractivity contribution in [3.05, 3.63) is 83.9 Å². The highest BCUT2D eigenvalue weighted by molar-refractivity contribution is 5.92. The first-order chi connectivity index (χ1) is 19.4. The van der Waals surface area contributed by atoms with E-state index in [1.54, 1.807) is 28.2 Å². The van der Waals surface area contributed by atoms with Gasteiger partial charge in [-0.3, -0.25) is 14.4 Å². The van der Waals surface area contributed by atoms with Gasteiger partial charge in [-0.15, -0.1) is 0 Å². The van der Waals surface area contributed by atoms with Gasteiger partial charge in [-0.25, -0.2) is 0 Å².